The van der Waals surface area contributed by atoms with Gasteiger partial charge in [0.25, 0.3) is 0 Å². The molecule has 19 heavy (non-hydrogen) atoms. The van der Waals surface area contributed by atoms with Crippen molar-refractivity contribution in [1.82, 2.24) is 10.2 Å². The first-order chi connectivity index (χ1) is 9.11. The van der Waals surface area contributed by atoms with Gasteiger partial charge in [-0.25, -0.2) is 0 Å². The Morgan fingerprint density at radius 3 is 2.32 bits per heavy atom. The van der Waals surface area contributed by atoms with Crippen LogP contribution in [0.1, 0.15) is 65.7 Å². The molecule has 2 nitrogen and oxygen atoms in total. The zero-order chi connectivity index (χ0) is 13.7. The highest BCUT2D eigenvalue weighted by atomic mass is 15.2. The van der Waals surface area contributed by atoms with Crippen molar-refractivity contribution in [3.8, 4) is 0 Å². The lowest BCUT2D eigenvalue weighted by molar-refractivity contribution is 0.107. The minimum atomic E-state index is 0.578. The van der Waals surface area contributed by atoms with E-state index in [1.54, 1.807) is 0 Å². The quantitative estimate of drug-likeness (QED) is 0.817. The number of likely N-dealkylation sites (tertiary alicyclic amines) is 1. The van der Waals surface area contributed by atoms with Gasteiger partial charge in [0.1, 0.15) is 0 Å². The highest BCUT2D eigenvalue weighted by Crippen LogP contribution is 2.31. The Bertz CT molecular complexity index is 246. The lowest BCUT2D eigenvalue weighted by Crippen LogP contribution is -2.49. The van der Waals surface area contributed by atoms with Gasteiger partial charge in [-0.1, -0.05) is 40.0 Å². The number of nitrogens with one attached hydrogen (secondary N) is 1. The van der Waals surface area contributed by atoms with Gasteiger partial charge >= 0.3 is 0 Å². The van der Waals surface area contributed by atoms with Gasteiger partial charge in [-0.3, -0.25) is 0 Å². The zero-order valence-corrected chi connectivity index (χ0v) is 13.4. The molecule has 0 aromatic heterocycles. The average Bonchev–Trinajstić information content (AvgIpc) is 2.41. The van der Waals surface area contributed by atoms with Gasteiger partial charge < -0.3 is 10.2 Å². The highest BCUT2D eigenvalue weighted by Gasteiger charge is 2.29. The summed E-state index contributed by atoms with van der Waals surface area (Å²) in [7, 11) is 0. The van der Waals surface area contributed by atoms with Gasteiger partial charge in [0, 0.05) is 12.6 Å². The van der Waals surface area contributed by atoms with Crippen LogP contribution in [0.5, 0.6) is 0 Å². The van der Waals surface area contributed by atoms with Crippen molar-refractivity contribution in [1.29, 1.82) is 0 Å². The summed E-state index contributed by atoms with van der Waals surface area (Å²) in [4.78, 5) is 2.72. The van der Waals surface area contributed by atoms with Crippen molar-refractivity contribution < 1.29 is 0 Å². The van der Waals surface area contributed by atoms with Crippen LogP contribution < -0.4 is 5.32 Å². The Morgan fingerprint density at radius 2 is 1.74 bits per heavy atom. The van der Waals surface area contributed by atoms with Crippen molar-refractivity contribution >= 4 is 0 Å². The van der Waals surface area contributed by atoms with E-state index >= 15 is 0 Å². The monoisotopic (exact) mass is 266 g/mol. The molecule has 0 aromatic rings. The molecule has 1 aliphatic carbocycles. The molecule has 1 heterocycles. The minimum absolute atomic E-state index is 0.578. The average molecular weight is 266 g/mol. The summed E-state index contributed by atoms with van der Waals surface area (Å²) in [5.74, 6) is 0.934. The van der Waals surface area contributed by atoms with Gasteiger partial charge in [0.05, 0.1) is 0 Å². The van der Waals surface area contributed by atoms with Gasteiger partial charge in [-0.05, 0) is 56.7 Å². The molecule has 1 aliphatic heterocycles. The Labute approximate surface area is 120 Å². The first-order valence-electron chi connectivity index (χ1n) is 8.56. The third-order valence-electron chi connectivity index (χ3n) is 5.35. The third kappa shape index (κ3) is 4.75. The normalized spacial score (nSPS) is 27.3. The number of nitrogens with zero attached hydrogens (tertiary/aromatic N) is 1. The van der Waals surface area contributed by atoms with Crippen LogP contribution in [0.4, 0.5) is 0 Å². The number of hydrogen-bond donors (Lipinski definition) is 1. The van der Waals surface area contributed by atoms with Crippen LogP contribution in [0.3, 0.4) is 0 Å². The second-order valence-electron chi connectivity index (χ2n) is 7.53. The second-order valence-corrected chi connectivity index (χ2v) is 7.53. The van der Waals surface area contributed by atoms with E-state index in [0.717, 1.165) is 18.5 Å². The summed E-state index contributed by atoms with van der Waals surface area (Å²) in [6.07, 6.45) is 10.0. The maximum Gasteiger partial charge on any atom is 0.0223 e. The summed E-state index contributed by atoms with van der Waals surface area (Å²) >= 11 is 0. The first kappa shape index (κ1) is 15.3. The summed E-state index contributed by atoms with van der Waals surface area (Å²) in [5.41, 5.74) is 0.578. The van der Waals surface area contributed by atoms with Crippen molar-refractivity contribution in [2.45, 2.75) is 71.8 Å². The maximum atomic E-state index is 3.78. The predicted molar refractivity (Wildman–Crippen MR) is 83.5 cm³/mol. The van der Waals surface area contributed by atoms with E-state index < -0.39 is 0 Å². The summed E-state index contributed by atoms with van der Waals surface area (Å²) in [6.45, 7) is 12.1. The molecule has 112 valence electrons. The van der Waals surface area contributed by atoms with Crippen molar-refractivity contribution in [2.75, 3.05) is 26.2 Å². The molecule has 2 rings (SSSR count). The fraction of sp³-hybridized carbons (Fsp3) is 1.00. The lowest BCUT2D eigenvalue weighted by atomic mass is 9.81. The Hall–Kier alpha value is -0.0800. The van der Waals surface area contributed by atoms with Crippen LogP contribution in [0.2, 0.25) is 0 Å². The van der Waals surface area contributed by atoms with Crippen molar-refractivity contribution in [3.63, 3.8) is 0 Å². The Kier molecular flexibility index (Phi) is 5.70. The largest absolute Gasteiger partial charge is 0.313 e. The smallest absolute Gasteiger partial charge is 0.0223 e. The molecule has 2 heteroatoms. The number of piperidine rings is 1. The molecule has 1 N–H and O–H groups in total. The highest BCUT2D eigenvalue weighted by molar-refractivity contribution is 4.85. The van der Waals surface area contributed by atoms with E-state index in [1.807, 2.05) is 0 Å². The fourth-order valence-corrected chi connectivity index (χ4v) is 3.80. The topological polar surface area (TPSA) is 15.3 Å². The molecular weight excluding hydrogens is 232 g/mol. The summed E-state index contributed by atoms with van der Waals surface area (Å²) < 4.78 is 0. The molecule has 1 atom stereocenters. The van der Waals surface area contributed by atoms with Crippen LogP contribution in [0.25, 0.3) is 0 Å². The van der Waals surface area contributed by atoms with Crippen LogP contribution in [0.15, 0.2) is 0 Å². The van der Waals surface area contributed by atoms with E-state index in [9.17, 15) is 0 Å². The van der Waals surface area contributed by atoms with Gasteiger partial charge in [-0.2, -0.15) is 0 Å². The summed E-state index contributed by atoms with van der Waals surface area (Å²) in [6, 6.07) is 0.742. The summed E-state index contributed by atoms with van der Waals surface area (Å²) in [5, 5.41) is 3.78. The molecule has 0 amide bonds. The molecule has 0 bridgehead atoms. The van der Waals surface area contributed by atoms with Gasteiger partial charge in [0.2, 0.25) is 0 Å². The van der Waals surface area contributed by atoms with Gasteiger partial charge in [-0.15, -0.1) is 0 Å². The Morgan fingerprint density at radius 1 is 1.11 bits per heavy atom. The molecule has 1 unspecified atom stereocenters. The van der Waals surface area contributed by atoms with Crippen molar-refractivity contribution in [3.05, 3.63) is 0 Å². The number of rotatable bonds is 5. The molecule has 2 fully saturated rings. The van der Waals surface area contributed by atoms with Gasteiger partial charge in [0.15, 0.2) is 0 Å². The molecule has 0 radical (unpaired) electrons. The van der Waals surface area contributed by atoms with E-state index in [4.69, 9.17) is 0 Å². The number of likely N-dealkylation sites (N-methyl/N-ethyl adjacent to an activating group) is 1. The molecule has 2 aliphatic rings. The van der Waals surface area contributed by atoms with E-state index in [2.05, 4.69) is 31.0 Å². The SMILES string of the molecule is CCNC(CN1CCC(C)(C)CC1)C1CCCCC1. The van der Waals surface area contributed by atoms with E-state index in [0.29, 0.717) is 5.41 Å². The lowest BCUT2D eigenvalue weighted by Gasteiger charge is -2.40. The standard InChI is InChI=1S/C17H34N2/c1-4-18-16(15-8-6-5-7-9-15)14-19-12-10-17(2,3)11-13-19/h15-16,18H,4-14H2,1-3H3. The maximum absolute atomic E-state index is 3.78. The molecule has 0 spiro atoms. The second kappa shape index (κ2) is 7.08. The Balaban J connectivity index is 1.82. The van der Waals surface area contributed by atoms with Crippen LogP contribution in [0, 0.1) is 11.3 Å². The van der Waals surface area contributed by atoms with Crippen molar-refractivity contribution in [2.24, 2.45) is 11.3 Å². The number of hydrogen-bond acceptors (Lipinski definition) is 2. The molecule has 0 aromatic carbocycles. The molecule has 1 saturated heterocycles. The van der Waals surface area contributed by atoms with Crippen LogP contribution >= 0.6 is 0 Å². The van der Waals surface area contributed by atoms with Crippen LogP contribution in [-0.4, -0.2) is 37.1 Å². The third-order valence-corrected chi connectivity index (χ3v) is 5.35. The van der Waals surface area contributed by atoms with Crippen LogP contribution in [-0.2, 0) is 0 Å². The zero-order valence-electron chi connectivity index (χ0n) is 13.4. The minimum Gasteiger partial charge on any atom is -0.313 e. The molecular formula is C17H34N2. The fourth-order valence-electron chi connectivity index (χ4n) is 3.80. The van der Waals surface area contributed by atoms with E-state index in [-0.39, 0.29) is 0 Å². The predicted octanol–water partition coefficient (Wildman–Crippen LogP) is 3.67. The van der Waals surface area contributed by atoms with E-state index in [1.165, 1.54) is 64.6 Å². The molecule has 1 saturated carbocycles. The first-order valence-corrected chi connectivity index (χ1v) is 8.56.